The van der Waals surface area contributed by atoms with Crippen LogP contribution in [0.3, 0.4) is 0 Å². The fourth-order valence-electron chi connectivity index (χ4n) is 5.05. The molecule has 1 aromatic heterocycles. The SMILES string of the molecule is CCC1CN(C(=O)C(C)(C)N)CCN1C(=O)Nc1ccn(-c2ccc(CN3CCC(N)CC3)cc2)c(=O)n1.Cl. The van der Waals surface area contributed by atoms with E-state index < -0.39 is 11.2 Å². The fourth-order valence-corrected chi connectivity index (χ4v) is 5.05. The van der Waals surface area contributed by atoms with Crippen molar-refractivity contribution in [2.24, 2.45) is 11.5 Å². The minimum Gasteiger partial charge on any atom is -0.337 e. The molecule has 5 N–H and O–H groups in total. The lowest BCUT2D eigenvalue weighted by atomic mass is 10.0. The van der Waals surface area contributed by atoms with Crippen molar-refractivity contribution in [1.82, 2.24) is 24.3 Å². The summed E-state index contributed by atoms with van der Waals surface area (Å²) in [4.78, 5) is 48.3. The minimum atomic E-state index is -0.959. The summed E-state index contributed by atoms with van der Waals surface area (Å²) in [5.74, 6) is 0.0539. The predicted molar refractivity (Wildman–Crippen MR) is 154 cm³/mol. The van der Waals surface area contributed by atoms with Crippen LogP contribution in [0.5, 0.6) is 0 Å². The summed E-state index contributed by atoms with van der Waals surface area (Å²) in [7, 11) is 0. The standard InChI is InChI=1S/C27H40N8O3.ClH/c1-4-21-18-33(24(36)27(2,3)29)15-16-35(21)26(38)31-23-11-14-34(25(37)30-23)22-7-5-19(6-8-22)17-32-12-9-20(28)10-13-32;/h5-8,11,14,20-21H,4,9-10,12-13,15-18,28-29H2,1-3H3,(H,30,31,37,38);1H. The summed E-state index contributed by atoms with van der Waals surface area (Å²) in [6.07, 6.45) is 4.33. The maximum Gasteiger partial charge on any atom is 0.354 e. The highest BCUT2D eigenvalue weighted by atomic mass is 35.5. The van der Waals surface area contributed by atoms with Crippen LogP contribution < -0.4 is 22.5 Å². The molecule has 1 unspecified atom stereocenters. The number of urea groups is 1. The van der Waals surface area contributed by atoms with Crippen LogP contribution in [-0.2, 0) is 11.3 Å². The van der Waals surface area contributed by atoms with E-state index >= 15 is 0 Å². The monoisotopic (exact) mass is 560 g/mol. The van der Waals surface area contributed by atoms with Crippen molar-refractivity contribution in [2.45, 2.75) is 64.2 Å². The van der Waals surface area contributed by atoms with E-state index in [4.69, 9.17) is 11.5 Å². The molecule has 0 bridgehead atoms. The number of hydrogen-bond donors (Lipinski definition) is 3. The molecule has 1 aromatic carbocycles. The van der Waals surface area contributed by atoms with Gasteiger partial charge in [0, 0.05) is 38.4 Å². The van der Waals surface area contributed by atoms with Crippen LogP contribution in [0.25, 0.3) is 5.69 Å². The van der Waals surface area contributed by atoms with Gasteiger partial charge in [-0.15, -0.1) is 12.4 Å². The summed E-state index contributed by atoms with van der Waals surface area (Å²) in [5.41, 5.74) is 12.4. The average Bonchev–Trinajstić information content (AvgIpc) is 2.89. The number of hydrogen-bond acceptors (Lipinski definition) is 7. The Kier molecular flexibility index (Phi) is 10.1. The molecule has 39 heavy (non-hydrogen) atoms. The van der Waals surface area contributed by atoms with Crippen molar-refractivity contribution >= 4 is 30.2 Å². The number of aromatic nitrogens is 2. The molecular weight excluding hydrogens is 520 g/mol. The number of halogens is 1. The number of carbonyl (C=O) groups is 2. The number of nitrogens with zero attached hydrogens (tertiary/aromatic N) is 5. The maximum atomic E-state index is 13.0. The molecule has 12 heteroatoms. The van der Waals surface area contributed by atoms with Gasteiger partial charge in [-0.05, 0) is 70.0 Å². The summed E-state index contributed by atoms with van der Waals surface area (Å²) < 4.78 is 1.45. The van der Waals surface area contributed by atoms with Crippen LogP contribution in [0.1, 0.15) is 45.6 Å². The van der Waals surface area contributed by atoms with Crippen molar-refractivity contribution < 1.29 is 9.59 Å². The van der Waals surface area contributed by atoms with Crippen LogP contribution in [-0.4, -0.2) is 86.5 Å². The number of anilines is 1. The lowest BCUT2D eigenvalue weighted by Gasteiger charge is -2.42. The number of piperidine rings is 1. The zero-order valence-electron chi connectivity index (χ0n) is 23.0. The molecule has 11 nitrogen and oxygen atoms in total. The number of rotatable bonds is 6. The van der Waals surface area contributed by atoms with E-state index in [1.807, 2.05) is 31.2 Å². The molecule has 0 spiro atoms. The van der Waals surface area contributed by atoms with E-state index in [1.165, 1.54) is 10.1 Å². The van der Waals surface area contributed by atoms with Gasteiger partial charge in [-0.3, -0.25) is 19.6 Å². The van der Waals surface area contributed by atoms with Gasteiger partial charge in [0.1, 0.15) is 5.82 Å². The van der Waals surface area contributed by atoms with Crippen molar-refractivity contribution in [2.75, 3.05) is 38.0 Å². The van der Waals surface area contributed by atoms with Crippen molar-refractivity contribution in [3.05, 3.63) is 52.6 Å². The largest absolute Gasteiger partial charge is 0.354 e. The van der Waals surface area contributed by atoms with Gasteiger partial charge in [0.05, 0.1) is 17.3 Å². The topological polar surface area (TPSA) is 143 Å². The van der Waals surface area contributed by atoms with Gasteiger partial charge in [0.15, 0.2) is 0 Å². The zero-order valence-corrected chi connectivity index (χ0v) is 23.8. The Morgan fingerprint density at radius 3 is 2.33 bits per heavy atom. The van der Waals surface area contributed by atoms with E-state index in [-0.39, 0.29) is 36.2 Å². The highest BCUT2D eigenvalue weighted by Gasteiger charge is 2.35. The van der Waals surface area contributed by atoms with Crippen molar-refractivity contribution in [3.63, 3.8) is 0 Å². The highest BCUT2D eigenvalue weighted by Crippen LogP contribution is 2.18. The first kappa shape index (κ1) is 30.6. The number of nitrogens with one attached hydrogen (secondary N) is 1. The van der Waals surface area contributed by atoms with E-state index in [2.05, 4.69) is 15.2 Å². The van der Waals surface area contributed by atoms with Gasteiger partial charge in [0.25, 0.3) is 0 Å². The molecule has 2 aliphatic rings. The molecule has 2 aliphatic heterocycles. The van der Waals surface area contributed by atoms with Gasteiger partial charge < -0.3 is 21.3 Å². The number of carbonyl (C=O) groups excluding carboxylic acids is 2. The Bertz CT molecular complexity index is 1190. The van der Waals surface area contributed by atoms with Crippen LogP contribution >= 0.6 is 12.4 Å². The smallest absolute Gasteiger partial charge is 0.337 e. The number of benzene rings is 1. The van der Waals surface area contributed by atoms with Gasteiger partial charge in [0.2, 0.25) is 5.91 Å². The molecule has 1 atom stereocenters. The molecule has 0 saturated carbocycles. The second-order valence-electron chi connectivity index (χ2n) is 10.9. The van der Waals surface area contributed by atoms with Gasteiger partial charge in [-0.25, -0.2) is 9.59 Å². The van der Waals surface area contributed by atoms with E-state index in [9.17, 15) is 14.4 Å². The minimum absolute atomic E-state index is 0. The van der Waals surface area contributed by atoms with Gasteiger partial charge >= 0.3 is 11.7 Å². The first-order valence-corrected chi connectivity index (χ1v) is 13.4. The molecule has 3 heterocycles. The van der Waals surface area contributed by atoms with Crippen LogP contribution in [0.2, 0.25) is 0 Å². The van der Waals surface area contributed by atoms with Crippen LogP contribution in [0.4, 0.5) is 10.6 Å². The summed E-state index contributed by atoms with van der Waals surface area (Å²) in [6, 6.07) is 9.27. The third kappa shape index (κ3) is 7.57. The van der Waals surface area contributed by atoms with Crippen molar-refractivity contribution in [1.29, 1.82) is 0 Å². The number of amides is 3. The molecule has 0 aliphatic carbocycles. The quantitative estimate of drug-likeness (QED) is 0.488. The third-order valence-electron chi connectivity index (χ3n) is 7.34. The van der Waals surface area contributed by atoms with E-state index in [0.29, 0.717) is 37.8 Å². The molecule has 2 fully saturated rings. The fraction of sp³-hybridized carbons (Fsp3) is 0.556. The van der Waals surface area contributed by atoms with Crippen molar-refractivity contribution in [3.8, 4) is 5.69 Å². The molecule has 0 radical (unpaired) electrons. The van der Waals surface area contributed by atoms with Gasteiger partial charge in [-0.2, -0.15) is 4.98 Å². The average molecular weight is 561 g/mol. The summed E-state index contributed by atoms with van der Waals surface area (Å²) in [6.45, 7) is 9.39. The highest BCUT2D eigenvalue weighted by molar-refractivity contribution is 5.89. The van der Waals surface area contributed by atoms with Gasteiger partial charge in [-0.1, -0.05) is 19.1 Å². The first-order valence-electron chi connectivity index (χ1n) is 13.4. The molecule has 2 aromatic rings. The predicted octanol–water partition coefficient (Wildman–Crippen LogP) is 1.77. The Morgan fingerprint density at radius 2 is 1.74 bits per heavy atom. The van der Waals surface area contributed by atoms with E-state index in [0.717, 1.165) is 32.5 Å². The second-order valence-corrected chi connectivity index (χ2v) is 10.9. The molecule has 214 valence electrons. The molecule has 3 amide bonds. The lowest BCUT2D eigenvalue weighted by molar-refractivity contribution is -0.138. The lowest BCUT2D eigenvalue weighted by Crippen LogP contribution is -2.61. The van der Waals surface area contributed by atoms with Crippen LogP contribution in [0.15, 0.2) is 41.3 Å². The Labute approximate surface area is 235 Å². The maximum absolute atomic E-state index is 13.0. The second kappa shape index (κ2) is 12.9. The third-order valence-corrected chi connectivity index (χ3v) is 7.34. The van der Waals surface area contributed by atoms with Crippen LogP contribution in [0, 0.1) is 0 Å². The number of piperazine rings is 1. The molecule has 2 saturated heterocycles. The van der Waals surface area contributed by atoms with E-state index in [1.54, 1.807) is 35.9 Å². The summed E-state index contributed by atoms with van der Waals surface area (Å²) in [5, 5.41) is 2.75. The number of likely N-dealkylation sites (tertiary alicyclic amines) is 1. The summed E-state index contributed by atoms with van der Waals surface area (Å²) >= 11 is 0. The Balaban J connectivity index is 0.00000420. The first-order chi connectivity index (χ1) is 18.0. The molecule has 4 rings (SSSR count). The zero-order chi connectivity index (χ0) is 27.4. The normalized spacial score (nSPS) is 18.9. The Morgan fingerprint density at radius 1 is 1.08 bits per heavy atom. The number of nitrogens with two attached hydrogens (primary N) is 2. The molecular formula is C27H41ClN8O3. The Hall–Kier alpha value is -2.99.